The zero-order valence-electron chi connectivity index (χ0n) is 17.0. The lowest BCUT2D eigenvalue weighted by atomic mass is 10.1. The monoisotopic (exact) mass is 426 g/mol. The van der Waals surface area contributed by atoms with Gasteiger partial charge in [-0.05, 0) is 24.3 Å². The van der Waals surface area contributed by atoms with Crippen LogP contribution >= 0.6 is 0 Å². The average molecular weight is 426 g/mol. The lowest BCUT2D eigenvalue weighted by molar-refractivity contribution is -0.105. The maximum Gasteiger partial charge on any atom is 0.337 e. The fourth-order valence-corrected chi connectivity index (χ4v) is 3.09. The van der Waals surface area contributed by atoms with Crippen LogP contribution in [0, 0.1) is 0 Å². The molecule has 3 aromatic carbocycles. The quantitative estimate of drug-likeness (QED) is 0.355. The van der Waals surface area contributed by atoms with Gasteiger partial charge in [0, 0.05) is 22.9 Å². The van der Waals surface area contributed by atoms with Crippen molar-refractivity contribution >= 4 is 18.1 Å². The third-order valence-electron chi connectivity index (χ3n) is 4.70. The number of benzene rings is 3. The summed E-state index contributed by atoms with van der Waals surface area (Å²) in [6, 6.07) is 20.8. The lowest BCUT2D eigenvalue weighted by Crippen LogP contribution is -2.02. The van der Waals surface area contributed by atoms with Crippen LogP contribution in [0.4, 0.5) is 5.69 Å². The van der Waals surface area contributed by atoms with Crippen molar-refractivity contribution in [2.24, 2.45) is 0 Å². The van der Waals surface area contributed by atoms with E-state index in [2.05, 4.69) is 20.3 Å². The molecule has 8 nitrogen and oxygen atoms in total. The molecule has 1 heterocycles. The van der Waals surface area contributed by atoms with Gasteiger partial charge in [0.15, 0.2) is 17.5 Å². The number of methoxy groups -OCH3 is 1. The second kappa shape index (κ2) is 9.05. The molecule has 0 aliphatic carbocycles. The number of hydrogen-bond donors (Lipinski definition) is 2. The average Bonchev–Trinajstić information content (AvgIpc) is 2.84. The van der Waals surface area contributed by atoms with Crippen molar-refractivity contribution < 1.29 is 19.4 Å². The topological polar surface area (TPSA) is 114 Å². The number of nitrogens with one attached hydrogen (secondary N) is 1. The SMILES string of the molecule is COC(=O)c1ccc(-c2nc(-c3ccccc3)nc(-c3ccc(NC=O)cc3O)n2)cc1. The molecule has 0 bridgehead atoms. The van der Waals surface area contributed by atoms with Gasteiger partial charge >= 0.3 is 5.97 Å². The number of phenolic OH excluding ortho intramolecular Hbond substituents is 1. The van der Waals surface area contributed by atoms with Crippen LogP contribution in [0.2, 0.25) is 0 Å². The summed E-state index contributed by atoms with van der Waals surface area (Å²) in [6.45, 7) is 0. The van der Waals surface area contributed by atoms with Gasteiger partial charge in [0.25, 0.3) is 0 Å². The minimum Gasteiger partial charge on any atom is -0.507 e. The van der Waals surface area contributed by atoms with Gasteiger partial charge < -0.3 is 15.2 Å². The maximum atomic E-state index is 11.7. The molecule has 1 amide bonds. The summed E-state index contributed by atoms with van der Waals surface area (Å²) in [6.07, 6.45) is 0.529. The number of carbonyl (C=O) groups excluding carboxylic acids is 2. The Morgan fingerprint density at radius 3 is 2.09 bits per heavy atom. The second-order valence-corrected chi connectivity index (χ2v) is 6.74. The Balaban J connectivity index is 1.84. The molecule has 32 heavy (non-hydrogen) atoms. The summed E-state index contributed by atoms with van der Waals surface area (Å²) >= 11 is 0. The number of amides is 1. The van der Waals surface area contributed by atoms with E-state index < -0.39 is 5.97 Å². The summed E-state index contributed by atoms with van der Waals surface area (Å²) in [5.41, 5.74) is 2.68. The number of phenols is 1. The molecule has 0 radical (unpaired) electrons. The molecule has 2 N–H and O–H groups in total. The smallest absolute Gasteiger partial charge is 0.337 e. The number of carbonyl (C=O) groups is 2. The van der Waals surface area contributed by atoms with Gasteiger partial charge in [-0.2, -0.15) is 0 Å². The number of aromatic hydroxyl groups is 1. The molecule has 0 fully saturated rings. The molecule has 8 heteroatoms. The third kappa shape index (κ3) is 4.29. The van der Waals surface area contributed by atoms with Crippen molar-refractivity contribution in [3.8, 4) is 39.9 Å². The van der Waals surface area contributed by atoms with E-state index in [1.165, 1.54) is 13.2 Å². The van der Waals surface area contributed by atoms with Gasteiger partial charge in [0.05, 0.1) is 18.2 Å². The van der Waals surface area contributed by atoms with E-state index in [1.807, 2.05) is 30.3 Å². The first kappa shape index (κ1) is 20.7. The third-order valence-corrected chi connectivity index (χ3v) is 4.70. The molecule has 4 rings (SSSR count). The molecule has 0 saturated carbocycles. The van der Waals surface area contributed by atoms with Crippen LogP contribution in [-0.4, -0.2) is 39.5 Å². The first-order chi connectivity index (χ1) is 15.6. The molecule has 0 spiro atoms. The molecule has 0 aliphatic rings. The van der Waals surface area contributed by atoms with Crippen LogP contribution in [-0.2, 0) is 9.53 Å². The largest absolute Gasteiger partial charge is 0.507 e. The van der Waals surface area contributed by atoms with E-state index in [0.29, 0.717) is 40.4 Å². The van der Waals surface area contributed by atoms with Crippen molar-refractivity contribution in [1.82, 2.24) is 15.0 Å². The summed E-state index contributed by atoms with van der Waals surface area (Å²) in [7, 11) is 1.32. The van der Waals surface area contributed by atoms with Gasteiger partial charge in [-0.15, -0.1) is 0 Å². The zero-order valence-corrected chi connectivity index (χ0v) is 17.0. The van der Waals surface area contributed by atoms with E-state index in [0.717, 1.165) is 5.56 Å². The molecule has 0 saturated heterocycles. The molecule has 4 aromatic rings. The molecule has 1 aromatic heterocycles. The van der Waals surface area contributed by atoms with Gasteiger partial charge in [-0.3, -0.25) is 4.79 Å². The molecular formula is C24H18N4O4. The predicted molar refractivity (Wildman–Crippen MR) is 119 cm³/mol. The maximum absolute atomic E-state index is 11.7. The van der Waals surface area contributed by atoms with E-state index in [9.17, 15) is 14.7 Å². The van der Waals surface area contributed by atoms with Crippen LogP contribution in [0.25, 0.3) is 34.2 Å². The normalized spacial score (nSPS) is 10.4. The molecule has 0 aliphatic heterocycles. The van der Waals surface area contributed by atoms with Gasteiger partial charge in [0.2, 0.25) is 6.41 Å². The van der Waals surface area contributed by atoms with Crippen molar-refractivity contribution in [3.05, 3.63) is 78.4 Å². The van der Waals surface area contributed by atoms with Crippen LogP contribution in [0.15, 0.2) is 72.8 Å². The first-order valence-electron chi connectivity index (χ1n) is 9.63. The van der Waals surface area contributed by atoms with Gasteiger partial charge in [0.1, 0.15) is 5.75 Å². The van der Waals surface area contributed by atoms with Crippen LogP contribution in [0.1, 0.15) is 10.4 Å². The van der Waals surface area contributed by atoms with E-state index in [4.69, 9.17) is 4.74 Å². The molecule has 158 valence electrons. The zero-order chi connectivity index (χ0) is 22.5. The summed E-state index contributed by atoms with van der Waals surface area (Å²) in [5.74, 6) is 0.541. The van der Waals surface area contributed by atoms with Crippen molar-refractivity contribution in [2.45, 2.75) is 0 Å². The summed E-state index contributed by atoms with van der Waals surface area (Å²) in [5, 5.41) is 13.0. The van der Waals surface area contributed by atoms with Crippen LogP contribution in [0.3, 0.4) is 0 Å². The van der Waals surface area contributed by atoms with Crippen LogP contribution in [0.5, 0.6) is 5.75 Å². The van der Waals surface area contributed by atoms with E-state index in [1.54, 1.807) is 36.4 Å². The Labute approximate surface area is 183 Å². The van der Waals surface area contributed by atoms with Gasteiger partial charge in [-0.1, -0.05) is 42.5 Å². The number of esters is 1. The van der Waals surface area contributed by atoms with Crippen LogP contribution < -0.4 is 5.32 Å². The Morgan fingerprint density at radius 2 is 1.50 bits per heavy atom. The number of rotatable bonds is 6. The number of anilines is 1. The first-order valence-corrected chi connectivity index (χ1v) is 9.63. The number of nitrogens with zero attached hydrogens (tertiary/aromatic N) is 3. The Bertz CT molecular complexity index is 1280. The number of aromatic nitrogens is 3. The fourth-order valence-electron chi connectivity index (χ4n) is 3.09. The van der Waals surface area contributed by atoms with Crippen molar-refractivity contribution in [3.63, 3.8) is 0 Å². The minimum atomic E-state index is -0.438. The van der Waals surface area contributed by atoms with E-state index in [-0.39, 0.29) is 11.6 Å². The fraction of sp³-hybridized carbons (Fsp3) is 0.0417. The predicted octanol–water partition coefficient (Wildman–Crippen LogP) is 3.93. The van der Waals surface area contributed by atoms with Crippen molar-refractivity contribution in [2.75, 3.05) is 12.4 Å². The highest BCUT2D eigenvalue weighted by molar-refractivity contribution is 5.89. The standard InChI is InChI=1S/C24H18N4O4/c1-32-24(31)17-9-7-16(8-10-17)22-26-21(15-5-3-2-4-6-15)27-23(28-22)19-12-11-18(25-14-29)13-20(19)30/h2-14,30H,1H3,(H,25,29). The van der Waals surface area contributed by atoms with Gasteiger partial charge in [-0.25, -0.2) is 19.7 Å². The highest BCUT2D eigenvalue weighted by Crippen LogP contribution is 2.31. The highest BCUT2D eigenvalue weighted by atomic mass is 16.5. The van der Waals surface area contributed by atoms with E-state index >= 15 is 0 Å². The second-order valence-electron chi connectivity index (χ2n) is 6.74. The Hall–Kier alpha value is -4.59. The summed E-state index contributed by atoms with van der Waals surface area (Å²) < 4.78 is 4.74. The highest BCUT2D eigenvalue weighted by Gasteiger charge is 2.15. The molecule has 0 unspecified atom stereocenters. The summed E-state index contributed by atoms with van der Waals surface area (Å²) in [4.78, 5) is 36.1. The number of ether oxygens (including phenoxy) is 1. The Morgan fingerprint density at radius 1 is 0.875 bits per heavy atom. The minimum absolute atomic E-state index is 0.0888. The molecular weight excluding hydrogens is 408 g/mol. The van der Waals surface area contributed by atoms with Crippen molar-refractivity contribution in [1.29, 1.82) is 0 Å². The number of hydrogen-bond acceptors (Lipinski definition) is 7. The Kier molecular flexibility index (Phi) is 5.85. The lowest BCUT2D eigenvalue weighted by Gasteiger charge is -2.10. The molecule has 0 atom stereocenters.